The molecule has 0 aliphatic heterocycles. The molecule has 122 valence electrons. The van der Waals surface area contributed by atoms with Gasteiger partial charge in [0.25, 0.3) is 5.91 Å². The zero-order valence-electron chi connectivity index (χ0n) is 12.6. The Bertz CT molecular complexity index is 702. The molecular formula is C15H17FN4O3. The smallest absolute Gasteiger partial charge is 0.274 e. The van der Waals surface area contributed by atoms with Crippen molar-refractivity contribution in [2.24, 2.45) is 5.73 Å². The fourth-order valence-electron chi connectivity index (χ4n) is 1.84. The number of primary amides is 1. The Labute approximate surface area is 132 Å². The highest BCUT2D eigenvalue weighted by Gasteiger charge is 2.16. The molecule has 0 saturated carbocycles. The molecule has 1 aromatic carbocycles. The molecule has 0 saturated heterocycles. The normalized spacial score (nSPS) is 10.3. The van der Waals surface area contributed by atoms with Gasteiger partial charge in [-0.15, -0.1) is 0 Å². The van der Waals surface area contributed by atoms with Gasteiger partial charge in [-0.1, -0.05) is 6.07 Å². The Morgan fingerprint density at radius 2 is 2.17 bits per heavy atom. The Morgan fingerprint density at radius 3 is 2.87 bits per heavy atom. The highest BCUT2D eigenvalue weighted by atomic mass is 19.1. The van der Waals surface area contributed by atoms with Crippen LogP contribution in [0.15, 0.2) is 30.3 Å². The Balaban J connectivity index is 1.92. The number of H-pyrrole nitrogens is 1. The zero-order chi connectivity index (χ0) is 16.8. The lowest BCUT2D eigenvalue weighted by Crippen LogP contribution is -2.30. The van der Waals surface area contributed by atoms with Crippen molar-refractivity contribution in [2.45, 2.75) is 13.0 Å². The molecule has 2 rings (SSSR count). The molecular weight excluding hydrogens is 303 g/mol. The molecule has 2 amide bonds. The van der Waals surface area contributed by atoms with Crippen LogP contribution in [0.4, 0.5) is 4.39 Å². The predicted octanol–water partition coefficient (Wildman–Crippen LogP) is 1.08. The quantitative estimate of drug-likeness (QED) is 0.797. The zero-order valence-corrected chi connectivity index (χ0v) is 12.6. The number of hydrogen-bond acceptors (Lipinski definition) is 4. The summed E-state index contributed by atoms with van der Waals surface area (Å²) >= 11 is 0. The van der Waals surface area contributed by atoms with Crippen LogP contribution in [0.5, 0.6) is 5.75 Å². The number of halogens is 1. The van der Waals surface area contributed by atoms with Gasteiger partial charge < -0.3 is 15.4 Å². The number of nitrogens with one attached hydrogen (secondary N) is 1. The van der Waals surface area contributed by atoms with Gasteiger partial charge in [-0.2, -0.15) is 5.10 Å². The summed E-state index contributed by atoms with van der Waals surface area (Å²) < 4.78 is 18.4. The Hall–Kier alpha value is -2.90. The van der Waals surface area contributed by atoms with E-state index in [1.54, 1.807) is 25.2 Å². The summed E-state index contributed by atoms with van der Waals surface area (Å²) in [6, 6.07) is 7.30. The van der Waals surface area contributed by atoms with Gasteiger partial charge in [-0.3, -0.25) is 14.7 Å². The van der Waals surface area contributed by atoms with E-state index in [1.165, 1.54) is 17.0 Å². The van der Waals surface area contributed by atoms with Gasteiger partial charge in [0.2, 0.25) is 5.91 Å². The van der Waals surface area contributed by atoms with Gasteiger partial charge in [-0.05, 0) is 18.2 Å². The minimum absolute atomic E-state index is 0.0855. The number of rotatable bonds is 7. The second-order valence-corrected chi connectivity index (χ2v) is 4.97. The molecule has 0 unspecified atom stereocenters. The lowest BCUT2D eigenvalue weighted by Gasteiger charge is -2.14. The standard InChI is InChI=1S/C15H17FN4O3/c1-20(6-5-14(17)21)15(22)13-8-11(18-19-13)9-23-12-4-2-3-10(16)7-12/h2-4,7-8H,5-6,9H2,1H3,(H2,17,21)(H,18,19). The number of carbonyl (C=O) groups is 2. The first kappa shape index (κ1) is 16.5. The van der Waals surface area contributed by atoms with Crippen LogP contribution in [0.3, 0.4) is 0 Å². The second-order valence-electron chi connectivity index (χ2n) is 4.97. The van der Waals surface area contributed by atoms with Gasteiger partial charge in [-0.25, -0.2) is 4.39 Å². The summed E-state index contributed by atoms with van der Waals surface area (Å²) in [5, 5.41) is 6.59. The monoisotopic (exact) mass is 320 g/mol. The van der Waals surface area contributed by atoms with Gasteiger partial charge in [0.05, 0.1) is 5.69 Å². The van der Waals surface area contributed by atoms with Crippen LogP contribution in [-0.2, 0) is 11.4 Å². The third-order valence-corrected chi connectivity index (χ3v) is 3.08. The highest BCUT2D eigenvalue weighted by molar-refractivity contribution is 5.92. The number of nitrogens with zero attached hydrogens (tertiary/aromatic N) is 2. The van der Waals surface area contributed by atoms with Gasteiger partial charge >= 0.3 is 0 Å². The average Bonchev–Trinajstić information content (AvgIpc) is 2.99. The van der Waals surface area contributed by atoms with E-state index >= 15 is 0 Å². The van der Waals surface area contributed by atoms with E-state index in [-0.39, 0.29) is 37.0 Å². The average molecular weight is 320 g/mol. The van der Waals surface area contributed by atoms with Crippen LogP contribution in [0.2, 0.25) is 0 Å². The number of hydrogen-bond donors (Lipinski definition) is 2. The van der Waals surface area contributed by atoms with Crippen molar-refractivity contribution >= 4 is 11.8 Å². The Morgan fingerprint density at radius 1 is 1.39 bits per heavy atom. The third kappa shape index (κ3) is 4.80. The molecule has 0 bridgehead atoms. The number of ether oxygens (including phenoxy) is 1. The van der Waals surface area contributed by atoms with Crippen LogP contribution in [-0.4, -0.2) is 40.5 Å². The van der Waals surface area contributed by atoms with Crippen molar-refractivity contribution in [1.82, 2.24) is 15.1 Å². The summed E-state index contributed by atoms with van der Waals surface area (Å²) in [6.07, 6.45) is 0.0855. The van der Waals surface area contributed by atoms with E-state index in [0.717, 1.165) is 0 Å². The predicted molar refractivity (Wildman–Crippen MR) is 80.1 cm³/mol. The van der Waals surface area contributed by atoms with E-state index in [2.05, 4.69) is 10.2 Å². The number of aromatic amines is 1. The van der Waals surface area contributed by atoms with E-state index < -0.39 is 5.91 Å². The maximum atomic E-state index is 13.0. The van der Waals surface area contributed by atoms with Gasteiger partial charge in [0.15, 0.2) is 5.69 Å². The first-order chi connectivity index (χ1) is 11.0. The molecule has 0 spiro atoms. The fraction of sp³-hybridized carbons (Fsp3) is 0.267. The highest BCUT2D eigenvalue weighted by Crippen LogP contribution is 2.14. The molecule has 0 aliphatic carbocycles. The van der Waals surface area contributed by atoms with Gasteiger partial charge in [0.1, 0.15) is 18.2 Å². The summed E-state index contributed by atoms with van der Waals surface area (Å²) in [5.41, 5.74) is 5.82. The molecule has 2 aromatic rings. The number of amides is 2. The molecule has 7 nitrogen and oxygen atoms in total. The van der Waals surface area contributed by atoms with Crippen molar-refractivity contribution in [3.8, 4) is 5.75 Å². The fourth-order valence-corrected chi connectivity index (χ4v) is 1.84. The lowest BCUT2D eigenvalue weighted by atomic mass is 10.3. The van der Waals surface area contributed by atoms with E-state index in [9.17, 15) is 14.0 Å². The molecule has 0 radical (unpaired) electrons. The lowest BCUT2D eigenvalue weighted by molar-refractivity contribution is -0.118. The summed E-state index contributed by atoms with van der Waals surface area (Å²) in [4.78, 5) is 24.2. The van der Waals surface area contributed by atoms with Crippen molar-refractivity contribution in [1.29, 1.82) is 0 Å². The molecule has 3 N–H and O–H groups in total. The number of aromatic nitrogens is 2. The largest absolute Gasteiger partial charge is 0.487 e. The van der Waals surface area contributed by atoms with Crippen LogP contribution in [0.25, 0.3) is 0 Å². The Kier molecular flexibility index (Phi) is 5.29. The van der Waals surface area contributed by atoms with Crippen molar-refractivity contribution in [3.63, 3.8) is 0 Å². The first-order valence-electron chi connectivity index (χ1n) is 6.92. The summed E-state index contributed by atoms with van der Waals surface area (Å²) in [6.45, 7) is 0.338. The minimum Gasteiger partial charge on any atom is -0.487 e. The van der Waals surface area contributed by atoms with Crippen molar-refractivity contribution in [2.75, 3.05) is 13.6 Å². The number of carbonyl (C=O) groups excluding carboxylic acids is 2. The molecule has 0 atom stereocenters. The number of benzene rings is 1. The van der Waals surface area contributed by atoms with E-state index in [0.29, 0.717) is 11.4 Å². The van der Waals surface area contributed by atoms with Crippen LogP contribution < -0.4 is 10.5 Å². The molecule has 0 aliphatic rings. The maximum absolute atomic E-state index is 13.0. The summed E-state index contributed by atoms with van der Waals surface area (Å²) in [7, 11) is 1.56. The first-order valence-corrected chi connectivity index (χ1v) is 6.92. The van der Waals surface area contributed by atoms with Crippen molar-refractivity contribution in [3.05, 3.63) is 47.5 Å². The maximum Gasteiger partial charge on any atom is 0.274 e. The van der Waals surface area contributed by atoms with Gasteiger partial charge in [0, 0.05) is 26.1 Å². The topological polar surface area (TPSA) is 101 Å². The van der Waals surface area contributed by atoms with E-state index in [1.807, 2.05) is 0 Å². The molecule has 1 heterocycles. The number of nitrogens with two attached hydrogens (primary N) is 1. The van der Waals surface area contributed by atoms with E-state index in [4.69, 9.17) is 10.5 Å². The van der Waals surface area contributed by atoms with Crippen LogP contribution in [0.1, 0.15) is 22.6 Å². The molecule has 0 fully saturated rings. The molecule has 23 heavy (non-hydrogen) atoms. The molecule has 8 heteroatoms. The third-order valence-electron chi connectivity index (χ3n) is 3.08. The summed E-state index contributed by atoms with van der Waals surface area (Å²) in [5.74, 6) is -0.819. The second kappa shape index (κ2) is 7.39. The van der Waals surface area contributed by atoms with Crippen molar-refractivity contribution < 1.29 is 18.7 Å². The van der Waals surface area contributed by atoms with Crippen LogP contribution >= 0.6 is 0 Å². The SMILES string of the molecule is CN(CCC(N)=O)C(=O)c1cc(COc2cccc(F)c2)[nH]n1. The minimum atomic E-state index is -0.476. The van der Waals surface area contributed by atoms with Crippen LogP contribution in [0, 0.1) is 5.82 Å². The molecule has 1 aromatic heterocycles.